The van der Waals surface area contributed by atoms with Crippen LogP contribution in [0.3, 0.4) is 0 Å². The molecule has 0 fully saturated rings. The average Bonchev–Trinajstić information content (AvgIpc) is 1.38. The number of hydrogen-bond donors (Lipinski definition) is 1. The van der Waals surface area contributed by atoms with Crippen LogP contribution in [0, 0.1) is 0 Å². The quantitative estimate of drug-likeness (QED) is 0.490. The van der Waals surface area contributed by atoms with Gasteiger partial charge in [-0.25, -0.2) is 0 Å². The van der Waals surface area contributed by atoms with Gasteiger partial charge in [0.25, 0.3) is 0 Å². The van der Waals surface area contributed by atoms with Gasteiger partial charge in [-0.05, 0) is 0 Å². The number of carbonyl (C=O) groups is 1. The van der Waals surface area contributed by atoms with Crippen molar-refractivity contribution >= 4 is 5.97 Å². The summed E-state index contributed by atoms with van der Waals surface area (Å²) in [4.78, 5) is 13.1. The van der Waals surface area contributed by atoms with Crippen molar-refractivity contribution < 1.29 is 35.8 Å². The SMILES string of the molecule is CC(=O)ON.[Zr]. The van der Waals surface area contributed by atoms with Crippen LogP contribution in [-0.2, 0) is 35.8 Å². The second kappa shape index (κ2) is 5.31. The Bertz CT molecular complexity index is 46.8. The molecule has 0 aromatic heterocycles. The molecular weight excluding hydrogens is 161 g/mol. The van der Waals surface area contributed by atoms with Crippen LogP contribution >= 0.6 is 0 Å². The summed E-state index contributed by atoms with van der Waals surface area (Å²) in [6.45, 7) is 1.24. The summed E-state index contributed by atoms with van der Waals surface area (Å²) in [5.74, 6) is 3.85. The van der Waals surface area contributed by atoms with Crippen molar-refractivity contribution in [3.63, 3.8) is 0 Å². The molecule has 0 heterocycles. The topological polar surface area (TPSA) is 52.3 Å². The summed E-state index contributed by atoms with van der Waals surface area (Å²) in [5, 5.41) is 0. The fourth-order valence-corrected chi connectivity index (χ4v) is 0. The molecule has 0 rings (SSSR count). The number of carbonyl (C=O) groups excluding carboxylic acids is 1. The van der Waals surface area contributed by atoms with Gasteiger partial charge in [0.05, 0.1) is 0 Å². The van der Waals surface area contributed by atoms with Crippen molar-refractivity contribution in [2.24, 2.45) is 5.90 Å². The molecule has 0 spiro atoms. The zero-order chi connectivity index (χ0) is 4.28. The van der Waals surface area contributed by atoms with Gasteiger partial charge in [-0.3, -0.25) is 4.79 Å². The molecule has 0 bridgehead atoms. The molecule has 2 N–H and O–H groups in total. The van der Waals surface area contributed by atoms with E-state index in [1.807, 2.05) is 0 Å². The molecular formula is C2H5NO2Zr. The molecule has 0 unspecified atom stereocenters. The summed E-state index contributed by atoms with van der Waals surface area (Å²) in [5.41, 5.74) is 0. The zero-order valence-corrected chi connectivity index (χ0v) is 5.85. The van der Waals surface area contributed by atoms with Crippen molar-refractivity contribution in [3.05, 3.63) is 0 Å². The molecule has 0 amide bonds. The number of nitrogens with two attached hydrogens (primary N) is 1. The molecule has 0 aromatic rings. The van der Waals surface area contributed by atoms with Crippen molar-refractivity contribution in [3.8, 4) is 0 Å². The standard InChI is InChI=1S/C2H5NO2.Zr/c1-2(4)5-3;/h3H2,1H3;. The first-order valence-electron chi connectivity index (χ1n) is 1.14. The first-order valence-corrected chi connectivity index (χ1v) is 1.14. The third kappa shape index (κ3) is 8.85. The van der Waals surface area contributed by atoms with Crippen LogP contribution < -0.4 is 5.90 Å². The van der Waals surface area contributed by atoms with Gasteiger partial charge in [0.1, 0.15) is 0 Å². The van der Waals surface area contributed by atoms with Gasteiger partial charge in [-0.1, -0.05) is 0 Å². The Kier molecular flexibility index (Phi) is 8.48. The molecule has 0 aliphatic heterocycles. The molecule has 0 saturated heterocycles. The van der Waals surface area contributed by atoms with Gasteiger partial charge in [0.15, 0.2) is 0 Å². The van der Waals surface area contributed by atoms with Gasteiger partial charge < -0.3 is 4.84 Å². The summed E-state index contributed by atoms with van der Waals surface area (Å²) in [6.07, 6.45) is 0. The summed E-state index contributed by atoms with van der Waals surface area (Å²) < 4.78 is 0. The van der Waals surface area contributed by atoms with Crippen LogP contribution in [0.1, 0.15) is 6.92 Å². The molecule has 0 aliphatic rings. The first kappa shape index (κ1) is 9.58. The van der Waals surface area contributed by atoms with E-state index in [0.717, 1.165) is 0 Å². The van der Waals surface area contributed by atoms with E-state index in [1.54, 1.807) is 0 Å². The normalized spacial score (nSPS) is 5.67. The predicted octanol–water partition coefficient (Wildman–Crippen LogP) is -0.579. The maximum atomic E-state index is 9.47. The van der Waals surface area contributed by atoms with E-state index in [-0.39, 0.29) is 26.2 Å². The van der Waals surface area contributed by atoms with E-state index in [9.17, 15) is 4.79 Å². The molecule has 0 aromatic carbocycles. The fourth-order valence-electron chi connectivity index (χ4n) is 0. The van der Waals surface area contributed by atoms with Gasteiger partial charge >= 0.3 is 5.97 Å². The zero-order valence-electron chi connectivity index (χ0n) is 3.39. The first-order chi connectivity index (χ1) is 2.27. The molecule has 4 heteroatoms. The molecule has 6 heavy (non-hydrogen) atoms. The van der Waals surface area contributed by atoms with Crippen LogP contribution in [-0.4, -0.2) is 5.97 Å². The molecule has 0 aliphatic carbocycles. The van der Waals surface area contributed by atoms with E-state index >= 15 is 0 Å². The minimum Gasteiger partial charge on any atom is -0.374 e. The Hall–Kier alpha value is 0.313. The number of rotatable bonds is 0. The summed E-state index contributed by atoms with van der Waals surface area (Å²) in [6, 6.07) is 0. The minimum absolute atomic E-state index is 0. The Morgan fingerprint density at radius 1 is 1.83 bits per heavy atom. The molecule has 0 radical (unpaired) electrons. The third-order valence-electron chi connectivity index (χ3n) is 0.166. The van der Waals surface area contributed by atoms with E-state index in [1.165, 1.54) is 6.92 Å². The van der Waals surface area contributed by atoms with Crippen LogP contribution in [0.25, 0.3) is 0 Å². The predicted molar refractivity (Wildman–Crippen MR) is 16.0 cm³/mol. The van der Waals surface area contributed by atoms with E-state index in [0.29, 0.717) is 0 Å². The van der Waals surface area contributed by atoms with Crippen LogP contribution in [0.15, 0.2) is 0 Å². The van der Waals surface area contributed by atoms with Crippen LogP contribution in [0.4, 0.5) is 0 Å². The molecule has 34 valence electrons. The van der Waals surface area contributed by atoms with E-state index in [4.69, 9.17) is 0 Å². The maximum absolute atomic E-state index is 9.47. The molecule has 3 nitrogen and oxygen atoms in total. The molecule has 0 atom stereocenters. The van der Waals surface area contributed by atoms with Crippen LogP contribution in [0.5, 0.6) is 0 Å². The summed E-state index contributed by atoms with van der Waals surface area (Å²) >= 11 is 0. The van der Waals surface area contributed by atoms with Crippen LogP contribution in [0.2, 0.25) is 0 Å². The average molecular weight is 166 g/mol. The monoisotopic (exact) mass is 165 g/mol. The van der Waals surface area contributed by atoms with Gasteiger partial charge in [0, 0.05) is 33.1 Å². The Morgan fingerprint density at radius 3 is 2.00 bits per heavy atom. The fraction of sp³-hybridized carbons (Fsp3) is 0.500. The maximum Gasteiger partial charge on any atom is 0.321 e. The second-order valence-electron chi connectivity index (χ2n) is 0.609. The third-order valence-corrected chi connectivity index (χ3v) is 0.166. The van der Waals surface area contributed by atoms with Crippen molar-refractivity contribution in [2.75, 3.05) is 0 Å². The summed E-state index contributed by atoms with van der Waals surface area (Å²) in [7, 11) is 0. The Labute approximate surface area is 54.9 Å². The van der Waals surface area contributed by atoms with Gasteiger partial charge in [-0.15, -0.1) is 0 Å². The Morgan fingerprint density at radius 2 is 2.00 bits per heavy atom. The number of hydrogen-bond acceptors (Lipinski definition) is 3. The largest absolute Gasteiger partial charge is 0.374 e. The second-order valence-corrected chi connectivity index (χ2v) is 0.609. The van der Waals surface area contributed by atoms with Crippen molar-refractivity contribution in [2.45, 2.75) is 6.92 Å². The Balaban J connectivity index is 0. The van der Waals surface area contributed by atoms with Crippen molar-refractivity contribution in [1.29, 1.82) is 0 Å². The van der Waals surface area contributed by atoms with Gasteiger partial charge in [0.2, 0.25) is 0 Å². The van der Waals surface area contributed by atoms with Gasteiger partial charge in [-0.2, -0.15) is 5.90 Å². The van der Waals surface area contributed by atoms with E-state index in [2.05, 4.69) is 10.7 Å². The van der Waals surface area contributed by atoms with Crippen molar-refractivity contribution in [1.82, 2.24) is 0 Å². The van der Waals surface area contributed by atoms with E-state index < -0.39 is 5.97 Å². The minimum atomic E-state index is -0.468. The molecule has 0 saturated carbocycles. The smallest absolute Gasteiger partial charge is 0.321 e.